The predicted octanol–water partition coefficient (Wildman–Crippen LogP) is 0.633. The van der Waals surface area contributed by atoms with Crippen molar-refractivity contribution in [3.63, 3.8) is 0 Å². The molecule has 0 unspecified atom stereocenters. The molecule has 1 aliphatic rings. The number of hydrogen-bond donors (Lipinski definition) is 3. The quantitative estimate of drug-likeness (QED) is 0.762. The number of nitrogens with two attached hydrogens (primary N) is 1. The van der Waals surface area contributed by atoms with E-state index in [9.17, 15) is 9.59 Å². The van der Waals surface area contributed by atoms with Crippen LogP contribution in [0.4, 0.5) is 5.00 Å². The number of carbonyl (C=O) groups is 2. The lowest BCUT2D eigenvalue weighted by atomic mass is 10.2. The predicted molar refractivity (Wildman–Crippen MR) is 80.1 cm³/mol. The number of carbonyl (C=O) groups excluding carboxylic acids is 2. The van der Waals surface area contributed by atoms with Gasteiger partial charge in [0, 0.05) is 0 Å². The molecule has 0 aliphatic carbocycles. The van der Waals surface area contributed by atoms with Gasteiger partial charge < -0.3 is 16.0 Å². The van der Waals surface area contributed by atoms with Gasteiger partial charge in [-0.1, -0.05) is 0 Å². The van der Waals surface area contributed by atoms with Crippen LogP contribution in [0.15, 0.2) is 11.4 Å². The average molecular weight is 296 g/mol. The lowest BCUT2D eigenvalue weighted by Crippen LogP contribution is -3.16. The average Bonchev–Trinajstić information content (AvgIpc) is 2.72. The van der Waals surface area contributed by atoms with Crippen LogP contribution in [-0.4, -0.2) is 30.9 Å². The van der Waals surface area contributed by atoms with Gasteiger partial charge in [-0.3, -0.25) is 9.59 Å². The second kappa shape index (κ2) is 6.85. The Bertz CT molecular complexity index is 479. The molecule has 2 rings (SSSR count). The Balaban J connectivity index is 1.99. The monoisotopic (exact) mass is 296 g/mol. The molecule has 2 heterocycles. The number of primary amides is 1. The van der Waals surface area contributed by atoms with E-state index in [0.717, 1.165) is 13.1 Å². The van der Waals surface area contributed by atoms with Crippen LogP contribution in [0.25, 0.3) is 0 Å². The first-order valence-electron chi connectivity index (χ1n) is 7.12. The van der Waals surface area contributed by atoms with Gasteiger partial charge in [0.05, 0.1) is 18.7 Å². The van der Waals surface area contributed by atoms with Gasteiger partial charge in [0.25, 0.3) is 11.8 Å². The van der Waals surface area contributed by atoms with Gasteiger partial charge in [-0.2, -0.15) is 0 Å². The van der Waals surface area contributed by atoms with E-state index in [0.29, 0.717) is 10.6 Å². The molecule has 1 aromatic heterocycles. The molecule has 1 aromatic rings. The summed E-state index contributed by atoms with van der Waals surface area (Å²) in [5.74, 6) is -0.539. The summed E-state index contributed by atoms with van der Waals surface area (Å²) in [5, 5.41) is 5.17. The van der Waals surface area contributed by atoms with Crippen molar-refractivity contribution in [1.29, 1.82) is 0 Å². The number of anilines is 1. The van der Waals surface area contributed by atoms with Crippen molar-refractivity contribution in [3.8, 4) is 0 Å². The van der Waals surface area contributed by atoms with Gasteiger partial charge >= 0.3 is 0 Å². The van der Waals surface area contributed by atoms with Crippen LogP contribution < -0.4 is 16.0 Å². The van der Waals surface area contributed by atoms with E-state index in [1.807, 2.05) is 6.92 Å². The van der Waals surface area contributed by atoms with Crippen molar-refractivity contribution >= 4 is 28.2 Å². The molecule has 0 spiro atoms. The van der Waals surface area contributed by atoms with Crippen molar-refractivity contribution in [2.75, 3.05) is 18.4 Å². The molecule has 1 atom stereocenters. The maximum Gasteiger partial charge on any atom is 0.282 e. The summed E-state index contributed by atoms with van der Waals surface area (Å²) in [4.78, 5) is 24.9. The molecule has 4 N–H and O–H groups in total. The fourth-order valence-corrected chi connectivity index (χ4v) is 3.42. The summed E-state index contributed by atoms with van der Waals surface area (Å²) in [6.45, 7) is 4.04. The fourth-order valence-electron chi connectivity index (χ4n) is 2.62. The Morgan fingerprint density at radius 1 is 1.30 bits per heavy atom. The second-order valence-corrected chi connectivity index (χ2v) is 6.23. The van der Waals surface area contributed by atoms with Crippen molar-refractivity contribution in [1.82, 2.24) is 0 Å². The van der Waals surface area contributed by atoms with Gasteiger partial charge in [-0.25, -0.2) is 0 Å². The highest BCUT2D eigenvalue weighted by atomic mass is 32.1. The minimum atomic E-state index is -0.503. The van der Waals surface area contributed by atoms with Gasteiger partial charge in [-0.15, -0.1) is 11.3 Å². The van der Waals surface area contributed by atoms with Crippen molar-refractivity contribution in [3.05, 3.63) is 17.0 Å². The van der Waals surface area contributed by atoms with E-state index >= 15 is 0 Å². The van der Waals surface area contributed by atoms with Crippen LogP contribution >= 0.6 is 11.3 Å². The van der Waals surface area contributed by atoms with Crippen LogP contribution in [0, 0.1) is 0 Å². The molecule has 2 amide bonds. The molecule has 5 nitrogen and oxygen atoms in total. The first-order valence-corrected chi connectivity index (χ1v) is 8.00. The van der Waals surface area contributed by atoms with Crippen LogP contribution in [0.3, 0.4) is 0 Å². The molecular formula is C14H22N3O2S+. The third kappa shape index (κ3) is 3.58. The second-order valence-electron chi connectivity index (χ2n) is 5.31. The maximum atomic E-state index is 12.3. The molecule has 0 saturated carbocycles. The maximum absolute atomic E-state index is 12.3. The van der Waals surface area contributed by atoms with E-state index in [-0.39, 0.29) is 11.9 Å². The Morgan fingerprint density at radius 2 is 1.95 bits per heavy atom. The molecule has 1 fully saturated rings. The van der Waals surface area contributed by atoms with E-state index in [4.69, 9.17) is 5.73 Å². The molecule has 1 saturated heterocycles. The molecule has 20 heavy (non-hydrogen) atoms. The number of hydrogen-bond acceptors (Lipinski definition) is 3. The Morgan fingerprint density at radius 3 is 2.55 bits per heavy atom. The highest BCUT2D eigenvalue weighted by molar-refractivity contribution is 7.14. The molecule has 110 valence electrons. The van der Waals surface area contributed by atoms with Crippen LogP contribution in [0.2, 0.25) is 0 Å². The number of likely N-dealkylation sites (tertiary alicyclic amines) is 1. The summed E-state index contributed by atoms with van der Waals surface area (Å²) in [7, 11) is 0. The molecule has 6 heteroatoms. The number of thiophene rings is 1. The van der Waals surface area contributed by atoms with Crippen molar-refractivity contribution < 1.29 is 14.5 Å². The van der Waals surface area contributed by atoms with E-state index in [1.54, 1.807) is 11.4 Å². The lowest BCUT2D eigenvalue weighted by Gasteiger charge is -2.23. The van der Waals surface area contributed by atoms with Gasteiger partial charge in [0.2, 0.25) is 0 Å². The standard InChI is InChI=1S/C14H21N3O2S/c1-10(17-7-4-2-3-5-8-17)13(19)16-14-11(12(15)18)6-9-20-14/h6,9-10H,2-5,7-8H2,1H3,(H2,15,18)(H,16,19)/p+1/t10-/m1/s1. The van der Waals surface area contributed by atoms with Gasteiger partial charge in [-0.05, 0) is 44.1 Å². The third-order valence-corrected chi connectivity index (χ3v) is 4.75. The van der Waals surface area contributed by atoms with Crippen LogP contribution in [0.1, 0.15) is 43.0 Å². The largest absolute Gasteiger partial charge is 0.366 e. The zero-order valence-corrected chi connectivity index (χ0v) is 12.6. The fraction of sp³-hybridized carbons (Fsp3) is 0.571. The SMILES string of the molecule is C[C@H](C(=O)Nc1sccc1C(N)=O)[NH+]1CCCCCC1. The smallest absolute Gasteiger partial charge is 0.282 e. The van der Waals surface area contributed by atoms with E-state index in [2.05, 4.69) is 5.32 Å². The zero-order chi connectivity index (χ0) is 14.5. The van der Waals surface area contributed by atoms with Gasteiger partial charge in [0.1, 0.15) is 5.00 Å². The van der Waals surface area contributed by atoms with E-state index in [1.165, 1.54) is 41.9 Å². The summed E-state index contributed by atoms with van der Waals surface area (Å²) in [6, 6.07) is 1.54. The Labute approximate surface area is 123 Å². The molecule has 0 radical (unpaired) electrons. The third-order valence-electron chi connectivity index (χ3n) is 3.92. The number of quaternary nitrogens is 1. The Kier molecular flexibility index (Phi) is 5.14. The molecule has 1 aliphatic heterocycles. The van der Waals surface area contributed by atoms with Crippen molar-refractivity contribution in [2.24, 2.45) is 5.73 Å². The Hall–Kier alpha value is -1.40. The number of amides is 2. The topological polar surface area (TPSA) is 76.6 Å². The van der Waals surface area contributed by atoms with E-state index < -0.39 is 5.91 Å². The summed E-state index contributed by atoms with van der Waals surface area (Å²) >= 11 is 1.33. The zero-order valence-electron chi connectivity index (χ0n) is 11.8. The number of nitrogens with one attached hydrogen (secondary N) is 2. The highest BCUT2D eigenvalue weighted by Gasteiger charge is 2.26. The van der Waals surface area contributed by atoms with Crippen LogP contribution in [-0.2, 0) is 4.79 Å². The minimum Gasteiger partial charge on any atom is -0.366 e. The van der Waals surface area contributed by atoms with Gasteiger partial charge in [0.15, 0.2) is 6.04 Å². The number of rotatable bonds is 4. The molecule has 0 aromatic carbocycles. The summed E-state index contributed by atoms with van der Waals surface area (Å²) in [5.41, 5.74) is 5.68. The normalized spacial score (nSPS) is 18.2. The lowest BCUT2D eigenvalue weighted by molar-refractivity contribution is -0.913. The first-order chi connectivity index (χ1) is 9.59. The molecule has 0 bridgehead atoms. The highest BCUT2D eigenvalue weighted by Crippen LogP contribution is 2.22. The minimum absolute atomic E-state index is 0.0353. The van der Waals surface area contributed by atoms with Crippen LogP contribution in [0.5, 0.6) is 0 Å². The summed E-state index contributed by atoms with van der Waals surface area (Å²) in [6.07, 6.45) is 4.88. The first kappa shape index (κ1) is 15.0. The van der Waals surface area contributed by atoms with Crippen molar-refractivity contribution in [2.45, 2.75) is 38.6 Å². The molecular weight excluding hydrogens is 274 g/mol. The summed E-state index contributed by atoms with van der Waals surface area (Å²) < 4.78 is 0.